The molecule has 0 bridgehead atoms. The van der Waals surface area contributed by atoms with Crippen molar-refractivity contribution in [3.8, 4) is 32.7 Å². The largest absolute Gasteiger partial charge is 0.133 e. The van der Waals surface area contributed by atoms with Crippen LogP contribution in [0.5, 0.6) is 0 Å². The van der Waals surface area contributed by atoms with E-state index >= 15 is 0 Å². The summed E-state index contributed by atoms with van der Waals surface area (Å²) in [4.78, 5) is 1.27. The second-order valence-electron chi connectivity index (χ2n) is 5.38. The molecule has 0 aliphatic rings. The van der Waals surface area contributed by atoms with Crippen LogP contribution in [0.4, 0.5) is 0 Å². The van der Waals surface area contributed by atoms with Gasteiger partial charge in [0.25, 0.3) is 0 Å². The Morgan fingerprint density at radius 2 is 1.00 bits per heavy atom. The highest BCUT2D eigenvalue weighted by Crippen LogP contribution is 2.44. The van der Waals surface area contributed by atoms with Crippen LogP contribution in [0.25, 0.3) is 32.7 Å². The summed E-state index contributed by atoms with van der Waals surface area (Å²) in [5, 5.41) is 3.53. The molecule has 1 aromatic heterocycles. The minimum Gasteiger partial charge on any atom is -0.133 e. The van der Waals surface area contributed by atoms with E-state index in [1.165, 1.54) is 32.7 Å². The van der Waals surface area contributed by atoms with Gasteiger partial charge in [-0.05, 0) is 16.7 Å². The molecule has 0 spiro atoms. The standard InChI is InChI=1S/C22H15S/c1-4-10-17(11-5-1)20-16-23-22(19-14-8-3-9-15-19)21(20)18-12-6-2-7-13-18/h1-15H. The van der Waals surface area contributed by atoms with Gasteiger partial charge in [0, 0.05) is 16.0 Å². The zero-order valence-electron chi connectivity index (χ0n) is 12.6. The smallest absolute Gasteiger partial charge is 0.0540 e. The first kappa shape index (κ1) is 14.0. The molecule has 0 aliphatic carbocycles. The number of thiophene rings is 1. The lowest BCUT2D eigenvalue weighted by Gasteiger charge is -2.08. The molecule has 0 saturated carbocycles. The van der Waals surface area contributed by atoms with Crippen LogP contribution in [0.1, 0.15) is 0 Å². The van der Waals surface area contributed by atoms with Gasteiger partial charge in [0.2, 0.25) is 0 Å². The molecule has 1 radical (unpaired) electrons. The van der Waals surface area contributed by atoms with Crippen molar-refractivity contribution < 1.29 is 0 Å². The minimum atomic E-state index is 1.18. The van der Waals surface area contributed by atoms with Gasteiger partial charge in [-0.3, -0.25) is 0 Å². The average Bonchev–Trinajstić information content (AvgIpc) is 3.09. The molecular formula is C22H15S. The summed E-state index contributed by atoms with van der Waals surface area (Å²) < 4.78 is 0. The summed E-state index contributed by atoms with van der Waals surface area (Å²) in [5.74, 6) is 0. The van der Waals surface area contributed by atoms with Gasteiger partial charge < -0.3 is 0 Å². The molecule has 23 heavy (non-hydrogen) atoms. The van der Waals surface area contributed by atoms with E-state index in [2.05, 4.69) is 96.4 Å². The SMILES string of the molecule is [c]1sc(-c2ccccc2)c(-c2ccccc2)c1-c1ccccc1. The molecule has 4 aromatic rings. The molecule has 1 heterocycles. The molecule has 1 heteroatoms. The van der Waals surface area contributed by atoms with Gasteiger partial charge >= 0.3 is 0 Å². The topological polar surface area (TPSA) is 0 Å². The fourth-order valence-electron chi connectivity index (χ4n) is 2.80. The third-order valence-electron chi connectivity index (χ3n) is 3.89. The van der Waals surface area contributed by atoms with Crippen LogP contribution in [0.3, 0.4) is 0 Å². The Morgan fingerprint density at radius 3 is 1.57 bits per heavy atom. The summed E-state index contributed by atoms with van der Waals surface area (Å²) in [6.45, 7) is 0. The van der Waals surface area contributed by atoms with E-state index in [0.29, 0.717) is 0 Å². The van der Waals surface area contributed by atoms with E-state index in [9.17, 15) is 0 Å². The van der Waals surface area contributed by atoms with Crippen molar-refractivity contribution in [1.82, 2.24) is 0 Å². The number of benzene rings is 3. The molecule has 4 rings (SSSR count). The quantitative estimate of drug-likeness (QED) is 0.402. The summed E-state index contributed by atoms with van der Waals surface area (Å²) in [5.41, 5.74) is 6.15. The lowest BCUT2D eigenvalue weighted by atomic mass is 9.95. The third-order valence-corrected chi connectivity index (χ3v) is 4.84. The van der Waals surface area contributed by atoms with E-state index < -0.39 is 0 Å². The lowest BCUT2D eigenvalue weighted by molar-refractivity contribution is 1.62. The predicted octanol–water partition coefficient (Wildman–Crippen LogP) is 6.55. The first-order valence-electron chi connectivity index (χ1n) is 7.64. The van der Waals surface area contributed by atoms with Crippen molar-refractivity contribution in [3.63, 3.8) is 0 Å². The number of hydrogen-bond donors (Lipinski definition) is 0. The van der Waals surface area contributed by atoms with Gasteiger partial charge in [0.15, 0.2) is 0 Å². The normalized spacial score (nSPS) is 10.6. The van der Waals surface area contributed by atoms with Crippen molar-refractivity contribution in [2.24, 2.45) is 0 Å². The average molecular weight is 311 g/mol. The minimum absolute atomic E-state index is 1.18. The van der Waals surface area contributed by atoms with Crippen LogP contribution in [0.2, 0.25) is 0 Å². The molecule has 0 aliphatic heterocycles. The summed E-state index contributed by atoms with van der Waals surface area (Å²) >= 11 is 1.69. The van der Waals surface area contributed by atoms with Crippen LogP contribution in [-0.4, -0.2) is 0 Å². The van der Waals surface area contributed by atoms with Crippen molar-refractivity contribution in [2.75, 3.05) is 0 Å². The molecule has 109 valence electrons. The maximum Gasteiger partial charge on any atom is 0.0540 e. The van der Waals surface area contributed by atoms with Gasteiger partial charge in [-0.25, -0.2) is 0 Å². The maximum atomic E-state index is 3.53. The monoisotopic (exact) mass is 311 g/mol. The van der Waals surface area contributed by atoms with Crippen molar-refractivity contribution >= 4 is 11.3 Å². The molecule has 0 amide bonds. The van der Waals surface area contributed by atoms with Crippen LogP contribution in [0.15, 0.2) is 91.0 Å². The predicted molar refractivity (Wildman–Crippen MR) is 99.5 cm³/mol. The Hall–Kier alpha value is -2.64. The van der Waals surface area contributed by atoms with Gasteiger partial charge in [-0.1, -0.05) is 91.0 Å². The van der Waals surface area contributed by atoms with Crippen LogP contribution in [-0.2, 0) is 0 Å². The highest BCUT2D eigenvalue weighted by molar-refractivity contribution is 7.14. The second kappa shape index (κ2) is 6.23. The van der Waals surface area contributed by atoms with E-state index in [-0.39, 0.29) is 0 Å². The fourth-order valence-corrected chi connectivity index (χ4v) is 3.80. The van der Waals surface area contributed by atoms with Gasteiger partial charge in [0.1, 0.15) is 0 Å². The van der Waals surface area contributed by atoms with Crippen molar-refractivity contribution in [1.29, 1.82) is 0 Å². The Balaban J connectivity index is 1.97. The number of hydrogen-bond acceptors (Lipinski definition) is 1. The van der Waals surface area contributed by atoms with E-state index in [4.69, 9.17) is 0 Å². The van der Waals surface area contributed by atoms with Crippen LogP contribution < -0.4 is 0 Å². The summed E-state index contributed by atoms with van der Waals surface area (Å²) in [6.07, 6.45) is 0. The maximum absolute atomic E-state index is 3.53. The molecule has 0 saturated heterocycles. The molecule has 0 fully saturated rings. The Morgan fingerprint density at radius 1 is 0.522 bits per heavy atom. The zero-order valence-corrected chi connectivity index (χ0v) is 13.4. The molecule has 0 nitrogen and oxygen atoms in total. The highest BCUT2D eigenvalue weighted by Gasteiger charge is 2.16. The first-order valence-corrected chi connectivity index (χ1v) is 8.46. The van der Waals surface area contributed by atoms with E-state index in [0.717, 1.165) is 0 Å². The second-order valence-corrected chi connectivity index (χ2v) is 6.20. The van der Waals surface area contributed by atoms with Gasteiger partial charge in [0.05, 0.1) is 5.38 Å². The van der Waals surface area contributed by atoms with E-state index in [1.807, 2.05) is 0 Å². The van der Waals surface area contributed by atoms with E-state index in [1.54, 1.807) is 11.3 Å². The highest BCUT2D eigenvalue weighted by atomic mass is 32.1. The summed E-state index contributed by atoms with van der Waals surface area (Å²) in [7, 11) is 0. The van der Waals surface area contributed by atoms with Crippen LogP contribution in [0, 0.1) is 5.38 Å². The molecule has 3 aromatic carbocycles. The van der Waals surface area contributed by atoms with Gasteiger partial charge in [-0.2, -0.15) is 0 Å². The Labute approximate surface area is 140 Å². The van der Waals surface area contributed by atoms with Crippen LogP contribution >= 0.6 is 11.3 Å². The molecular weight excluding hydrogens is 296 g/mol. The fraction of sp³-hybridized carbons (Fsp3) is 0. The van der Waals surface area contributed by atoms with Gasteiger partial charge in [-0.15, -0.1) is 11.3 Å². The Kier molecular flexibility index (Phi) is 3.79. The molecule has 0 unspecified atom stereocenters. The first-order chi connectivity index (χ1) is 11.4. The molecule has 0 atom stereocenters. The van der Waals surface area contributed by atoms with Crippen molar-refractivity contribution in [3.05, 3.63) is 96.4 Å². The number of rotatable bonds is 3. The Bertz CT molecular complexity index is 834. The third kappa shape index (κ3) is 2.71. The zero-order chi connectivity index (χ0) is 15.5. The van der Waals surface area contributed by atoms with Crippen molar-refractivity contribution in [2.45, 2.75) is 0 Å². The summed E-state index contributed by atoms with van der Waals surface area (Å²) in [6, 6.07) is 31.7. The lowest BCUT2D eigenvalue weighted by Crippen LogP contribution is -1.83. The molecule has 0 N–H and O–H groups in total.